The van der Waals surface area contributed by atoms with Gasteiger partial charge in [-0.1, -0.05) is 0 Å². The first-order valence-electron chi connectivity index (χ1n) is 6.14. The molecular weight excluding hydrogens is 268 g/mol. The third kappa shape index (κ3) is 3.63. The van der Waals surface area contributed by atoms with Gasteiger partial charge in [0.15, 0.2) is 0 Å². The van der Waals surface area contributed by atoms with Crippen LogP contribution in [0, 0.1) is 0 Å². The fraction of sp³-hybridized carbons (Fsp3) is 0.545. The molecule has 106 valence electrons. The van der Waals surface area contributed by atoms with Crippen LogP contribution in [0.4, 0.5) is 5.82 Å². The Morgan fingerprint density at radius 1 is 1.26 bits per heavy atom. The van der Waals surface area contributed by atoms with Crippen molar-refractivity contribution in [1.29, 1.82) is 0 Å². The maximum atomic E-state index is 12.1. The predicted octanol–water partition coefficient (Wildman–Crippen LogP) is -0.0510. The van der Waals surface area contributed by atoms with Gasteiger partial charge in [0.05, 0.1) is 6.10 Å². The molecule has 0 spiro atoms. The van der Waals surface area contributed by atoms with E-state index in [4.69, 9.17) is 5.84 Å². The molecule has 0 aliphatic heterocycles. The van der Waals surface area contributed by atoms with Gasteiger partial charge in [-0.3, -0.25) is 0 Å². The molecule has 1 heterocycles. The second-order valence-electron chi connectivity index (χ2n) is 4.65. The minimum absolute atomic E-state index is 0.109. The molecular formula is C11H18N4O3S. The lowest BCUT2D eigenvalue weighted by molar-refractivity contribution is 0.120. The highest BCUT2D eigenvalue weighted by atomic mass is 32.2. The zero-order valence-electron chi connectivity index (χ0n) is 10.4. The molecule has 0 radical (unpaired) electrons. The number of aliphatic hydroxyl groups excluding tert-OH is 1. The standard InChI is InChI=1S/C11H18N4O3S/c12-14-11-6-5-10(7-13-11)19(17,18)15-8-1-3-9(16)4-2-8/h5-9,15-16H,1-4,12H2,(H,13,14). The third-order valence-corrected chi connectivity index (χ3v) is 4.72. The molecule has 0 unspecified atom stereocenters. The van der Waals surface area contributed by atoms with Crippen LogP contribution in [0.25, 0.3) is 0 Å². The maximum absolute atomic E-state index is 12.1. The van der Waals surface area contributed by atoms with Crippen LogP contribution in [0.5, 0.6) is 0 Å². The van der Waals surface area contributed by atoms with Crippen LogP contribution >= 0.6 is 0 Å². The topological polar surface area (TPSA) is 117 Å². The van der Waals surface area contributed by atoms with Crippen molar-refractivity contribution in [3.63, 3.8) is 0 Å². The first-order chi connectivity index (χ1) is 9.01. The van der Waals surface area contributed by atoms with Crippen LogP contribution in [0.3, 0.4) is 0 Å². The zero-order chi connectivity index (χ0) is 13.9. The average Bonchev–Trinajstić information content (AvgIpc) is 2.41. The highest BCUT2D eigenvalue weighted by Crippen LogP contribution is 2.20. The number of hydrogen-bond donors (Lipinski definition) is 4. The molecule has 1 aromatic heterocycles. The van der Waals surface area contributed by atoms with Gasteiger partial charge < -0.3 is 10.5 Å². The molecule has 19 heavy (non-hydrogen) atoms. The molecule has 1 aliphatic rings. The van der Waals surface area contributed by atoms with Crippen LogP contribution in [-0.4, -0.2) is 30.7 Å². The Hall–Kier alpha value is -1.22. The number of aliphatic hydroxyl groups is 1. The molecule has 0 bridgehead atoms. The summed E-state index contributed by atoms with van der Waals surface area (Å²) in [5.74, 6) is 5.57. The van der Waals surface area contributed by atoms with Gasteiger partial charge in [-0.15, -0.1) is 0 Å². The number of rotatable bonds is 4. The molecule has 1 aromatic rings. The summed E-state index contributed by atoms with van der Waals surface area (Å²) in [5, 5.41) is 9.39. The number of hydrogen-bond acceptors (Lipinski definition) is 6. The number of hydrazine groups is 1. The van der Waals surface area contributed by atoms with Gasteiger partial charge in [0.2, 0.25) is 10.0 Å². The van der Waals surface area contributed by atoms with E-state index in [0.29, 0.717) is 31.5 Å². The summed E-state index contributed by atoms with van der Waals surface area (Å²) < 4.78 is 26.9. The minimum Gasteiger partial charge on any atom is -0.393 e. The lowest BCUT2D eigenvalue weighted by atomic mass is 9.94. The largest absolute Gasteiger partial charge is 0.393 e. The van der Waals surface area contributed by atoms with Gasteiger partial charge in [-0.05, 0) is 37.8 Å². The molecule has 0 saturated heterocycles. The van der Waals surface area contributed by atoms with E-state index < -0.39 is 10.0 Å². The van der Waals surface area contributed by atoms with E-state index in [2.05, 4.69) is 15.1 Å². The minimum atomic E-state index is -3.57. The molecule has 0 atom stereocenters. The summed E-state index contributed by atoms with van der Waals surface area (Å²) in [6.07, 6.45) is 3.50. The smallest absolute Gasteiger partial charge is 0.242 e. The molecule has 0 aromatic carbocycles. The highest BCUT2D eigenvalue weighted by molar-refractivity contribution is 7.89. The van der Waals surface area contributed by atoms with Crippen molar-refractivity contribution in [2.24, 2.45) is 5.84 Å². The summed E-state index contributed by atoms with van der Waals surface area (Å²) in [6, 6.07) is 2.82. The normalized spacial score (nSPS) is 24.1. The second kappa shape index (κ2) is 5.83. The molecule has 1 fully saturated rings. The molecule has 1 aliphatic carbocycles. The number of aromatic nitrogens is 1. The first-order valence-corrected chi connectivity index (χ1v) is 7.62. The Labute approximate surface area is 112 Å². The average molecular weight is 286 g/mol. The molecule has 0 amide bonds. The van der Waals surface area contributed by atoms with Crippen LogP contribution in [-0.2, 0) is 10.0 Å². The predicted molar refractivity (Wildman–Crippen MR) is 70.6 cm³/mol. The Morgan fingerprint density at radius 2 is 1.95 bits per heavy atom. The number of anilines is 1. The first kappa shape index (κ1) is 14.2. The van der Waals surface area contributed by atoms with Gasteiger partial charge in [-0.2, -0.15) is 0 Å². The van der Waals surface area contributed by atoms with Crippen molar-refractivity contribution in [3.05, 3.63) is 18.3 Å². The number of nitrogens with two attached hydrogens (primary N) is 1. The van der Waals surface area contributed by atoms with Gasteiger partial charge in [0, 0.05) is 12.2 Å². The van der Waals surface area contributed by atoms with Gasteiger partial charge in [-0.25, -0.2) is 24.0 Å². The van der Waals surface area contributed by atoms with Crippen molar-refractivity contribution in [1.82, 2.24) is 9.71 Å². The van der Waals surface area contributed by atoms with E-state index in [1.165, 1.54) is 18.3 Å². The van der Waals surface area contributed by atoms with Crippen LogP contribution in [0.2, 0.25) is 0 Å². The Kier molecular flexibility index (Phi) is 4.35. The summed E-state index contributed by atoms with van der Waals surface area (Å²) in [7, 11) is -3.57. The number of pyridine rings is 1. The quantitative estimate of drug-likeness (QED) is 0.455. The summed E-state index contributed by atoms with van der Waals surface area (Å²) in [5.41, 5.74) is 2.34. The van der Waals surface area contributed by atoms with Gasteiger partial charge in [0.25, 0.3) is 0 Å². The summed E-state index contributed by atoms with van der Waals surface area (Å²) in [6.45, 7) is 0. The van der Waals surface area contributed by atoms with E-state index in [9.17, 15) is 13.5 Å². The summed E-state index contributed by atoms with van der Waals surface area (Å²) in [4.78, 5) is 3.98. The van der Waals surface area contributed by atoms with E-state index >= 15 is 0 Å². The van der Waals surface area contributed by atoms with Gasteiger partial charge in [0.1, 0.15) is 10.7 Å². The van der Waals surface area contributed by atoms with E-state index in [-0.39, 0.29) is 17.0 Å². The monoisotopic (exact) mass is 286 g/mol. The maximum Gasteiger partial charge on any atom is 0.242 e. The fourth-order valence-electron chi connectivity index (χ4n) is 2.11. The van der Waals surface area contributed by atoms with Crippen molar-refractivity contribution >= 4 is 15.8 Å². The van der Waals surface area contributed by atoms with Crippen LogP contribution < -0.4 is 16.0 Å². The van der Waals surface area contributed by atoms with Crippen molar-refractivity contribution in [3.8, 4) is 0 Å². The Balaban J connectivity index is 2.05. The van der Waals surface area contributed by atoms with Crippen molar-refractivity contribution in [2.75, 3.05) is 5.43 Å². The molecule has 7 nitrogen and oxygen atoms in total. The molecule has 2 rings (SSSR count). The van der Waals surface area contributed by atoms with Crippen molar-refractivity contribution < 1.29 is 13.5 Å². The van der Waals surface area contributed by atoms with Crippen LogP contribution in [0.1, 0.15) is 25.7 Å². The zero-order valence-corrected chi connectivity index (χ0v) is 11.2. The molecule has 1 saturated carbocycles. The molecule has 5 N–H and O–H groups in total. The summed E-state index contributed by atoms with van der Waals surface area (Å²) >= 11 is 0. The Bertz CT molecular complexity index is 509. The lowest BCUT2D eigenvalue weighted by Gasteiger charge is -2.25. The van der Waals surface area contributed by atoms with E-state index in [0.717, 1.165) is 0 Å². The molecule has 8 heteroatoms. The lowest BCUT2D eigenvalue weighted by Crippen LogP contribution is -2.38. The van der Waals surface area contributed by atoms with E-state index in [1.807, 2.05) is 0 Å². The third-order valence-electron chi connectivity index (χ3n) is 3.21. The highest BCUT2D eigenvalue weighted by Gasteiger charge is 2.24. The van der Waals surface area contributed by atoms with Crippen molar-refractivity contribution in [2.45, 2.75) is 42.7 Å². The fourth-order valence-corrected chi connectivity index (χ4v) is 3.36. The Morgan fingerprint density at radius 3 is 2.47 bits per heavy atom. The number of nitrogens with one attached hydrogen (secondary N) is 2. The number of nitrogens with zero attached hydrogens (tertiary/aromatic N) is 1. The van der Waals surface area contributed by atoms with Crippen LogP contribution in [0.15, 0.2) is 23.2 Å². The number of nitrogen functional groups attached to an aromatic ring is 1. The second-order valence-corrected chi connectivity index (χ2v) is 6.36. The number of sulfonamides is 1. The SMILES string of the molecule is NNc1ccc(S(=O)(=O)NC2CCC(O)CC2)cn1. The van der Waals surface area contributed by atoms with E-state index in [1.54, 1.807) is 0 Å². The van der Waals surface area contributed by atoms with Gasteiger partial charge >= 0.3 is 0 Å².